The van der Waals surface area contributed by atoms with Gasteiger partial charge in [-0.15, -0.1) is 0 Å². The maximum atomic E-state index is 12.7. The van der Waals surface area contributed by atoms with Crippen LogP contribution in [0.2, 0.25) is 10.0 Å². The Morgan fingerprint density at radius 1 is 1.15 bits per heavy atom. The van der Waals surface area contributed by atoms with Crippen LogP contribution in [0.3, 0.4) is 0 Å². The third kappa shape index (κ3) is 4.14. The van der Waals surface area contributed by atoms with Gasteiger partial charge in [-0.3, -0.25) is 9.52 Å². The maximum absolute atomic E-state index is 12.7. The van der Waals surface area contributed by atoms with Crippen molar-refractivity contribution >= 4 is 44.8 Å². The fourth-order valence-electron chi connectivity index (χ4n) is 2.87. The molecule has 2 aromatic carbocycles. The van der Waals surface area contributed by atoms with Crippen molar-refractivity contribution in [2.75, 3.05) is 17.8 Å². The molecule has 2 aromatic rings. The minimum absolute atomic E-state index is 0.0535. The summed E-state index contributed by atoms with van der Waals surface area (Å²) < 4.78 is 27.9. The molecule has 5 nitrogen and oxygen atoms in total. The number of carbonyl (C=O) groups is 1. The molecule has 0 radical (unpaired) electrons. The molecule has 1 amide bonds. The van der Waals surface area contributed by atoms with Crippen LogP contribution in [0.5, 0.6) is 0 Å². The first kappa shape index (κ1) is 19.0. The van der Waals surface area contributed by atoms with Crippen LogP contribution in [-0.2, 0) is 10.0 Å². The zero-order valence-corrected chi connectivity index (χ0v) is 16.4. The zero-order chi connectivity index (χ0) is 18.9. The van der Waals surface area contributed by atoms with E-state index in [0.717, 1.165) is 6.42 Å². The first-order chi connectivity index (χ1) is 12.3. The Labute approximate surface area is 163 Å². The Hall–Kier alpha value is -1.76. The molecule has 0 aromatic heterocycles. The highest BCUT2D eigenvalue weighted by molar-refractivity contribution is 7.92. The molecule has 0 spiro atoms. The standard InChI is InChI=1S/C18H18Cl2N2O3S/c1-12-8-9-22(11-12)18(23)13-2-7-16(20)17(10-13)26(24,25)21-15-5-3-14(19)4-6-15/h2-7,10,12,21H,8-9,11H2,1H3. The number of amides is 1. The summed E-state index contributed by atoms with van der Waals surface area (Å²) in [5.41, 5.74) is 0.663. The SMILES string of the molecule is CC1CCN(C(=O)c2ccc(Cl)c(S(=O)(=O)Nc3ccc(Cl)cc3)c2)C1. The van der Waals surface area contributed by atoms with E-state index in [9.17, 15) is 13.2 Å². The number of nitrogens with one attached hydrogen (secondary N) is 1. The van der Waals surface area contributed by atoms with Crippen molar-refractivity contribution in [2.24, 2.45) is 5.92 Å². The summed E-state index contributed by atoms with van der Waals surface area (Å²) in [5.74, 6) is 0.259. The number of benzene rings is 2. The molecule has 1 N–H and O–H groups in total. The molecule has 1 saturated heterocycles. The number of rotatable bonds is 4. The molecule has 1 heterocycles. The second kappa shape index (κ2) is 7.47. The van der Waals surface area contributed by atoms with Crippen molar-refractivity contribution in [3.63, 3.8) is 0 Å². The first-order valence-corrected chi connectivity index (χ1v) is 10.4. The highest BCUT2D eigenvalue weighted by Crippen LogP contribution is 2.27. The van der Waals surface area contributed by atoms with E-state index in [1.807, 2.05) is 0 Å². The van der Waals surface area contributed by atoms with E-state index in [1.165, 1.54) is 12.1 Å². The lowest BCUT2D eigenvalue weighted by Crippen LogP contribution is -2.28. The van der Waals surface area contributed by atoms with Crippen LogP contribution in [0.25, 0.3) is 0 Å². The van der Waals surface area contributed by atoms with Crippen molar-refractivity contribution in [1.29, 1.82) is 0 Å². The van der Waals surface area contributed by atoms with Gasteiger partial charge in [0.15, 0.2) is 0 Å². The van der Waals surface area contributed by atoms with E-state index in [1.54, 1.807) is 35.2 Å². The molecule has 0 aliphatic carbocycles. The van der Waals surface area contributed by atoms with Gasteiger partial charge in [0.2, 0.25) is 0 Å². The van der Waals surface area contributed by atoms with E-state index in [0.29, 0.717) is 35.3 Å². The van der Waals surface area contributed by atoms with E-state index < -0.39 is 10.0 Å². The van der Waals surface area contributed by atoms with E-state index >= 15 is 0 Å². The van der Waals surface area contributed by atoms with Crippen LogP contribution in [0, 0.1) is 5.92 Å². The third-order valence-corrected chi connectivity index (χ3v) is 6.39. The van der Waals surface area contributed by atoms with Gasteiger partial charge in [-0.05, 0) is 54.8 Å². The molecule has 3 rings (SSSR count). The molecule has 1 fully saturated rings. The number of sulfonamides is 1. The summed E-state index contributed by atoms with van der Waals surface area (Å²) >= 11 is 11.9. The molecule has 1 aliphatic rings. The minimum Gasteiger partial charge on any atom is -0.338 e. The molecule has 0 bridgehead atoms. The quantitative estimate of drug-likeness (QED) is 0.814. The average molecular weight is 413 g/mol. The maximum Gasteiger partial charge on any atom is 0.263 e. The number of carbonyl (C=O) groups excluding carboxylic acids is 1. The number of hydrogen-bond donors (Lipinski definition) is 1. The molecule has 1 atom stereocenters. The Kier molecular flexibility index (Phi) is 5.46. The monoisotopic (exact) mass is 412 g/mol. The van der Waals surface area contributed by atoms with Crippen molar-refractivity contribution in [3.8, 4) is 0 Å². The normalized spacial score (nSPS) is 17.3. The molecular weight excluding hydrogens is 395 g/mol. The summed E-state index contributed by atoms with van der Waals surface area (Å²) in [6, 6.07) is 10.6. The van der Waals surface area contributed by atoms with E-state index in [2.05, 4.69) is 11.6 Å². The van der Waals surface area contributed by atoms with Crippen LogP contribution < -0.4 is 4.72 Å². The van der Waals surface area contributed by atoms with Gasteiger partial charge in [0.25, 0.3) is 15.9 Å². The molecule has 138 valence electrons. The summed E-state index contributed by atoms with van der Waals surface area (Å²) in [7, 11) is -3.94. The van der Waals surface area contributed by atoms with Gasteiger partial charge in [0.1, 0.15) is 4.90 Å². The van der Waals surface area contributed by atoms with E-state index in [-0.39, 0.29) is 15.8 Å². The molecule has 0 saturated carbocycles. The van der Waals surface area contributed by atoms with Gasteiger partial charge in [-0.2, -0.15) is 0 Å². The molecule has 8 heteroatoms. The van der Waals surface area contributed by atoms with Crippen LogP contribution in [0.1, 0.15) is 23.7 Å². The Morgan fingerprint density at radius 2 is 1.85 bits per heavy atom. The minimum atomic E-state index is -3.94. The topological polar surface area (TPSA) is 66.5 Å². The molecule has 1 unspecified atom stereocenters. The van der Waals surface area contributed by atoms with Crippen LogP contribution in [0.4, 0.5) is 5.69 Å². The lowest BCUT2D eigenvalue weighted by atomic mass is 10.2. The van der Waals surface area contributed by atoms with Crippen molar-refractivity contribution in [1.82, 2.24) is 4.90 Å². The molecular formula is C18H18Cl2N2O3S. The number of halogens is 2. The van der Waals surface area contributed by atoms with Crippen molar-refractivity contribution in [3.05, 3.63) is 58.1 Å². The van der Waals surface area contributed by atoms with E-state index in [4.69, 9.17) is 23.2 Å². The van der Waals surface area contributed by atoms with Crippen LogP contribution in [-0.4, -0.2) is 32.3 Å². The van der Waals surface area contributed by atoms with Crippen molar-refractivity contribution < 1.29 is 13.2 Å². The van der Waals surface area contributed by atoms with Gasteiger partial charge in [-0.25, -0.2) is 8.42 Å². The van der Waals surface area contributed by atoms with Crippen LogP contribution >= 0.6 is 23.2 Å². The molecule has 1 aliphatic heterocycles. The average Bonchev–Trinajstić information content (AvgIpc) is 3.03. The predicted octanol–water partition coefficient (Wildman–Crippen LogP) is 4.28. The van der Waals surface area contributed by atoms with Gasteiger partial charge in [0.05, 0.1) is 5.02 Å². The highest BCUT2D eigenvalue weighted by Gasteiger charge is 2.26. The fourth-order valence-corrected chi connectivity index (χ4v) is 4.58. The Bertz CT molecular complexity index is 930. The molecule has 26 heavy (non-hydrogen) atoms. The number of anilines is 1. The number of hydrogen-bond acceptors (Lipinski definition) is 3. The summed E-state index contributed by atoms with van der Waals surface area (Å²) in [6.07, 6.45) is 0.947. The van der Waals surface area contributed by atoms with Gasteiger partial charge in [0, 0.05) is 29.4 Å². The second-order valence-corrected chi connectivity index (χ2v) is 8.90. The number of nitrogens with zero attached hydrogens (tertiary/aromatic N) is 1. The van der Waals surface area contributed by atoms with Crippen LogP contribution in [0.15, 0.2) is 47.4 Å². The predicted molar refractivity (Wildman–Crippen MR) is 103 cm³/mol. The van der Waals surface area contributed by atoms with Crippen molar-refractivity contribution in [2.45, 2.75) is 18.2 Å². The van der Waals surface area contributed by atoms with Gasteiger partial charge in [-0.1, -0.05) is 30.1 Å². The van der Waals surface area contributed by atoms with Gasteiger partial charge >= 0.3 is 0 Å². The lowest BCUT2D eigenvalue weighted by molar-refractivity contribution is 0.0788. The summed E-state index contributed by atoms with van der Waals surface area (Å²) in [5, 5.41) is 0.552. The van der Waals surface area contributed by atoms with Gasteiger partial charge < -0.3 is 4.90 Å². The first-order valence-electron chi connectivity index (χ1n) is 8.13. The fraction of sp³-hybridized carbons (Fsp3) is 0.278. The Morgan fingerprint density at radius 3 is 2.46 bits per heavy atom. The third-order valence-electron chi connectivity index (χ3n) is 4.28. The highest BCUT2D eigenvalue weighted by atomic mass is 35.5. The zero-order valence-electron chi connectivity index (χ0n) is 14.1. The Balaban J connectivity index is 1.89. The smallest absolute Gasteiger partial charge is 0.263 e. The summed E-state index contributed by atoms with van der Waals surface area (Å²) in [4.78, 5) is 14.2. The number of likely N-dealkylation sites (tertiary alicyclic amines) is 1. The lowest BCUT2D eigenvalue weighted by Gasteiger charge is -2.17. The largest absolute Gasteiger partial charge is 0.338 e. The summed E-state index contributed by atoms with van der Waals surface area (Å²) in [6.45, 7) is 3.43. The second-order valence-electron chi connectivity index (χ2n) is 6.40.